The van der Waals surface area contributed by atoms with Gasteiger partial charge in [0.25, 0.3) is 0 Å². The van der Waals surface area contributed by atoms with Gasteiger partial charge in [-0.15, -0.1) is 0 Å². The first-order chi connectivity index (χ1) is 20.3. The van der Waals surface area contributed by atoms with E-state index in [2.05, 4.69) is 0 Å². The van der Waals surface area contributed by atoms with E-state index >= 15 is 0 Å². The lowest BCUT2D eigenvalue weighted by molar-refractivity contribution is -0.224. The van der Waals surface area contributed by atoms with Crippen molar-refractivity contribution in [1.82, 2.24) is 0 Å². The zero-order valence-electron chi connectivity index (χ0n) is 22.3. The van der Waals surface area contributed by atoms with Crippen LogP contribution >= 0.6 is 7.82 Å². The summed E-state index contributed by atoms with van der Waals surface area (Å²) in [5.41, 5.74) is 6.10. The molecule has 7 N–H and O–H groups in total. The Morgan fingerprint density at radius 3 is 1.93 bits per heavy atom. The van der Waals surface area contributed by atoms with Crippen LogP contribution in [0.2, 0.25) is 0 Å². The molecule has 1 aliphatic rings. The van der Waals surface area contributed by atoms with Gasteiger partial charge in [0.15, 0.2) is 11.9 Å². The molecule has 3 aromatic carbocycles. The number of para-hydroxylation sites is 1. The highest BCUT2D eigenvalue weighted by Gasteiger charge is 2.51. The number of carbonyl (C=O) groups excluding carboxylic acids is 3. The number of hydrogen-bond acceptors (Lipinski definition) is 12. The molecule has 43 heavy (non-hydrogen) atoms. The third kappa shape index (κ3) is 8.17. The zero-order valence-corrected chi connectivity index (χ0v) is 23.2. The Morgan fingerprint density at radius 2 is 1.37 bits per heavy atom. The van der Waals surface area contributed by atoms with Crippen LogP contribution in [-0.4, -0.2) is 80.0 Å². The summed E-state index contributed by atoms with van der Waals surface area (Å²) in [7, 11) is -5.35. The van der Waals surface area contributed by atoms with E-state index in [1.807, 2.05) is 0 Å². The van der Waals surface area contributed by atoms with E-state index in [1.165, 1.54) is 60.7 Å². The monoisotopic (exact) mass is 617 g/mol. The SMILES string of the molecule is Nc1ccccc1C(=O)C[C@@H]1O[C@H](COC(=O)c2ccc(O)cc2)[C@@H](O)[C@H](OP(=O)(O)O)[C@H]1OC(=O)c1ccc(O)cc1. The van der Waals surface area contributed by atoms with Crippen LogP contribution in [0.5, 0.6) is 11.5 Å². The predicted octanol–water partition coefficient (Wildman–Crippen LogP) is 1.94. The Kier molecular flexibility index (Phi) is 9.81. The number of esters is 2. The maximum Gasteiger partial charge on any atom is 0.470 e. The lowest BCUT2D eigenvalue weighted by atomic mass is 9.90. The van der Waals surface area contributed by atoms with Crippen molar-refractivity contribution in [2.24, 2.45) is 0 Å². The van der Waals surface area contributed by atoms with E-state index in [1.54, 1.807) is 12.1 Å². The molecule has 0 radical (unpaired) electrons. The molecule has 0 aliphatic carbocycles. The number of carbonyl (C=O) groups is 3. The van der Waals surface area contributed by atoms with Crippen LogP contribution < -0.4 is 5.73 Å². The summed E-state index contributed by atoms with van der Waals surface area (Å²) in [6.07, 6.45) is -9.21. The number of benzene rings is 3. The van der Waals surface area contributed by atoms with Gasteiger partial charge in [-0.1, -0.05) is 12.1 Å². The van der Waals surface area contributed by atoms with Crippen molar-refractivity contribution in [3.8, 4) is 11.5 Å². The number of phenols is 2. The van der Waals surface area contributed by atoms with Gasteiger partial charge < -0.3 is 45.1 Å². The maximum absolute atomic E-state index is 13.2. The minimum absolute atomic E-state index is 0.0399. The van der Waals surface area contributed by atoms with E-state index in [0.717, 1.165) is 0 Å². The normalized spacial score (nSPS) is 22.0. The molecule has 0 saturated carbocycles. The number of Topliss-reactive ketones (excluding diaryl/α,β-unsaturated/α-hetero) is 1. The third-order valence-corrected chi connectivity index (χ3v) is 7.01. The van der Waals surface area contributed by atoms with Gasteiger partial charge in [-0.2, -0.15) is 0 Å². The molecule has 0 amide bonds. The third-order valence-electron chi connectivity index (χ3n) is 6.49. The lowest BCUT2D eigenvalue weighted by Crippen LogP contribution is -2.61. The number of anilines is 1. The molecule has 15 heteroatoms. The van der Waals surface area contributed by atoms with Crippen LogP contribution in [0.1, 0.15) is 37.5 Å². The number of aliphatic hydroxyl groups is 1. The number of phosphoric acid groups is 1. The van der Waals surface area contributed by atoms with Gasteiger partial charge in [0.2, 0.25) is 0 Å². The van der Waals surface area contributed by atoms with Crippen LogP contribution in [0, 0.1) is 0 Å². The Balaban J connectivity index is 1.64. The summed E-state index contributed by atoms with van der Waals surface area (Å²) in [5, 5.41) is 30.0. The molecule has 0 aromatic heterocycles. The molecule has 0 spiro atoms. The zero-order chi connectivity index (χ0) is 31.3. The second kappa shape index (κ2) is 13.3. The Hall–Kier alpha value is -4.30. The summed E-state index contributed by atoms with van der Waals surface area (Å²) in [6.45, 7) is -0.668. The maximum atomic E-state index is 13.2. The van der Waals surface area contributed by atoms with E-state index < -0.39 is 69.1 Å². The predicted molar refractivity (Wildman–Crippen MR) is 147 cm³/mol. The average Bonchev–Trinajstić information content (AvgIpc) is 2.95. The minimum atomic E-state index is -5.35. The number of nitrogen functional groups attached to an aromatic ring is 1. The number of nitrogens with two attached hydrogens (primary N) is 1. The molecule has 0 unspecified atom stereocenters. The molecule has 1 fully saturated rings. The largest absolute Gasteiger partial charge is 0.508 e. The first-order valence-electron chi connectivity index (χ1n) is 12.7. The molecule has 1 heterocycles. The summed E-state index contributed by atoms with van der Waals surface area (Å²) < 4.78 is 33.4. The van der Waals surface area contributed by atoms with Crippen molar-refractivity contribution in [2.45, 2.75) is 36.9 Å². The van der Waals surface area contributed by atoms with Gasteiger partial charge in [-0.25, -0.2) is 14.2 Å². The van der Waals surface area contributed by atoms with Crippen molar-refractivity contribution >= 4 is 31.2 Å². The van der Waals surface area contributed by atoms with E-state index in [4.69, 9.17) is 24.5 Å². The number of ether oxygens (including phenoxy) is 3. The first-order valence-corrected chi connectivity index (χ1v) is 14.3. The van der Waals surface area contributed by atoms with Crippen LogP contribution in [0.15, 0.2) is 72.8 Å². The molecule has 1 aliphatic heterocycles. The first kappa shape index (κ1) is 31.6. The van der Waals surface area contributed by atoms with Crippen molar-refractivity contribution in [2.75, 3.05) is 12.3 Å². The van der Waals surface area contributed by atoms with Crippen molar-refractivity contribution < 1.29 is 62.8 Å². The fourth-order valence-corrected chi connectivity index (χ4v) is 4.96. The molecule has 0 bridgehead atoms. The highest BCUT2D eigenvalue weighted by molar-refractivity contribution is 7.46. The standard InChI is InChI=1S/C28H28NO13P/c29-20-4-2-1-3-19(20)21(32)13-22-25(41-28(35)16-7-11-18(31)12-8-16)26(42-43(36,37)38)24(33)23(40-22)14-39-27(34)15-5-9-17(30)10-6-15/h1-12,22-26,30-31,33H,13-14,29H2,(H2,36,37,38)/t22-,23+,24+,25-,26-/m0/s1. The Morgan fingerprint density at radius 1 is 0.814 bits per heavy atom. The van der Waals surface area contributed by atoms with E-state index in [0.29, 0.717) is 0 Å². The fourth-order valence-electron chi connectivity index (χ4n) is 4.40. The van der Waals surface area contributed by atoms with Gasteiger partial charge in [-0.05, 0) is 60.7 Å². The van der Waals surface area contributed by atoms with Gasteiger partial charge in [0, 0.05) is 17.7 Å². The van der Waals surface area contributed by atoms with Crippen molar-refractivity contribution in [3.05, 3.63) is 89.5 Å². The summed E-state index contributed by atoms with van der Waals surface area (Å²) in [4.78, 5) is 58.0. The molecule has 3 aromatic rings. The van der Waals surface area contributed by atoms with Crippen LogP contribution in [0.3, 0.4) is 0 Å². The van der Waals surface area contributed by atoms with Gasteiger partial charge in [0.05, 0.1) is 11.1 Å². The number of phenolic OH excluding ortho intramolecular Hbond substituents is 2. The van der Waals surface area contributed by atoms with E-state index in [9.17, 15) is 44.1 Å². The highest BCUT2D eigenvalue weighted by Crippen LogP contribution is 2.43. The highest BCUT2D eigenvalue weighted by atomic mass is 31.2. The molecular formula is C28H28NO13P. The number of hydrogen-bond donors (Lipinski definition) is 6. The average molecular weight is 618 g/mol. The number of ketones is 1. The number of phosphoric ester groups is 1. The quantitative estimate of drug-likeness (QED) is 0.0826. The molecule has 14 nitrogen and oxygen atoms in total. The summed E-state index contributed by atoms with van der Waals surface area (Å²) >= 11 is 0. The van der Waals surface area contributed by atoms with Crippen LogP contribution in [-0.2, 0) is 23.3 Å². The summed E-state index contributed by atoms with van der Waals surface area (Å²) in [5.74, 6) is -2.77. The van der Waals surface area contributed by atoms with Gasteiger partial charge >= 0.3 is 19.8 Å². The van der Waals surface area contributed by atoms with Gasteiger partial charge in [0.1, 0.15) is 42.5 Å². The Bertz CT molecular complexity index is 1510. The summed E-state index contributed by atoms with van der Waals surface area (Å²) in [6, 6.07) is 16.0. The van der Waals surface area contributed by atoms with Crippen LogP contribution in [0.4, 0.5) is 5.69 Å². The van der Waals surface area contributed by atoms with Crippen molar-refractivity contribution in [1.29, 1.82) is 0 Å². The second-order valence-corrected chi connectivity index (χ2v) is 10.7. The van der Waals surface area contributed by atoms with Crippen LogP contribution in [0.25, 0.3) is 0 Å². The number of aromatic hydroxyl groups is 2. The van der Waals surface area contributed by atoms with Crippen molar-refractivity contribution in [3.63, 3.8) is 0 Å². The molecule has 5 atom stereocenters. The molecule has 1 saturated heterocycles. The second-order valence-electron chi connectivity index (χ2n) is 9.54. The molecule has 228 valence electrons. The number of rotatable bonds is 10. The Labute approximate surface area is 244 Å². The number of aliphatic hydroxyl groups excluding tert-OH is 1. The minimum Gasteiger partial charge on any atom is -0.508 e. The van der Waals surface area contributed by atoms with E-state index in [-0.39, 0.29) is 33.9 Å². The topological polar surface area (TPSA) is 232 Å². The lowest BCUT2D eigenvalue weighted by Gasteiger charge is -2.43. The smallest absolute Gasteiger partial charge is 0.470 e. The molecule has 4 rings (SSSR count). The fraction of sp³-hybridized carbons (Fsp3) is 0.250. The molecular weight excluding hydrogens is 589 g/mol. The van der Waals surface area contributed by atoms with Gasteiger partial charge in [-0.3, -0.25) is 9.32 Å².